The topological polar surface area (TPSA) is 79.5 Å². The third-order valence-electron chi connectivity index (χ3n) is 7.08. The molecular weight excluding hydrogens is 466 g/mol. The van der Waals surface area contributed by atoms with E-state index in [1.54, 1.807) is 11.3 Å². The molecule has 0 amide bonds. The van der Waals surface area contributed by atoms with Gasteiger partial charge in [0.1, 0.15) is 17.1 Å². The zero-order valence-corrected chi connectivity index (χ0v) is 20.5. The second kappa shape index (κ2) is 8.91. The fourth-order valence-corrected chi connectivity index (χ4v) is 5.90. The molecule has 0 radical (unpaired) electrons. The molecule has 178 valence electrons. The Labute approximate surface area is 212 Å². The number of fused-ring (bicyclic) bond motifs is 2. The molecule has 6 nitrogen and oxygen atoms in total. The van der Waals surface area contributed by atoms with Crippen molar-refractivity contribution in [2.75, 3.05) is 0 Å². The van der Waals surface area contributed by atoms with Crippen LogP contribution in [-0.2, 0) is 0 Å². The highest BCUT2D eigenvalue weighted by Crippen LogP contribution is 2.35. The molecule has 1 fully saturated rings. The van der Waals surface area contributed by atoms with Gasteiger partial charge in [-0.05, 0) is 89.5 Å². The summed E-state index contributed by atoms with van der Waals surface area (Å²) in [6, 6.07) is 14.8. The van der Waals surface area contributed by atoms with E-state index in [1.165, 1.54) is 30.4 Å². The van der Waals surface area contributed by atoms with Crippen LogP contribution in [0.5, 0.6) is 5.75 Å². The summed E-state index contributed by atoms with van der Waals surface area (Å²) >= 11 is 1.70. The minimum atomic E-state index is 0.299. The van der Waals surface area contributed by atoms with E-state index in [1.807, 2.05) is 18.6 Å². The molecule has 0 atom stereocenters. The van der Waals surface area contributed by atoms with E-state index in [9.17, 15) is 0 Å². The molecule has 0 bridgehead atoms. The summed E-state index contributed by atoms with van der Waals surface area (Å²) < 4.78 is 6.27. The third-order valence-corrected chi connectivity index (χ3v) is 7.77. The van der Waals surface area contributed by atoms with E-state index in [2.05, 4.69) is 78.4 Å². The first-order valence-corrected chi connectivity index (χ1v) is 13.4. The Morgan fingerprint density at radius 3 is 2.72 bits per heavy atom. The summed E-state index contributed by atoms with van der Waals surface area (Å²) in [7, 11) is 0. The molecule has 1 aliphatic carbocycles. The smallest absolute Gasteiger partial charge is 0.138 e. The number of hydrogen-bond acceptors (Lipinski definition) is 5. The third kappa shape index (κ3) is 3.85. The maximum absolute atomic E-state index is 6.27. The van der Waals surface area contributed by atoms with Crippen molar-refractivity contribution in [3.63, 3.8) is 0 Å². The fourth-order valence-electron chi connectivity index (χ4n) is 5.24. The van der Waals surface area contributed by atoms with Crippen molar-refractivity contribution in [3.8, 4) is 39.4 Å². The van der Waals surface area contributed by atoms with Gasteiger partial charge < -0.3 is 9.72 Å². The Hall–Kier alpha value is -3.97. The van der Waals surface area contributed by atoms with Crippen molar-refractivity contribution in [1.82, 2.24) is 25.1 Å². The molecule has 5 heterocycles. The van der Waals surface area contributed by atoms with Crippen LogP contribution < -0.4 is 4.74 Å². The van der Waals surface area contributed by atoms with Crippen molar-refractivity contribution in [1.29, 1.82) is 0 Å². The Kier molecular flexibility index (Phi) is 5.28. The molecule has 0 unspecified atom stereocenters. The Bertz CT molecular complexity index is 1660. The van der Waals surface area contributed by atoms with Gasteiger partial charge in [0.15, 0.2) is 0 Å². The number of nitrogens with zero attached hydrogens (tertiary/aromatic N) is 3. The zero-order valence-electron chi connectivity index (χ0n) is 19.7. The molecule has 1 aromatic carbocycles. The highest BCUT2D eigenvalue weighted by atomic mass is 32.1. The van der Waals surface area contributed by atoms with Crippen LogP contribution in [-0.4, -0.2) is 31.3 Å². The first-order chi connectivity index (χ1) is 17.8. The number of aromatic nitrogens is 5. The largest absolute Gasteiger partial charge is 0.489 e. The molecule has 0 saturated heterocycles. The van der Waals surface area contributed by atoms with Crippen molar-refractivity contribution >= 4 is 33.3 Å². The zero-order chi connectivity index (χ0) is 23.9. The minimum Gasteiger partial charge on any atom is -0.489 e. The van der Waals surface area contributed by atoms with Gasteiger partial charge in [0, 0.05) is 28.7 Å². The van der Waals surface area contributed by atoms with E-state index < -0.39 is 0 Å². The lowest BCUT2D eigenvalue weighted by Crippen LogP contribution is -2.19. The van der Waals surface area contributed by atoms with Gasteiger partial charge in [-0.1, -0.05) is 12.5 Å². The summed E-state index contributed by atoms with van der Waals surface area (Å²) in [6.07, 6.45) is 11.9. The fraction of sp³-hybridized carbons (Fsp3) is 0.207. The monoisotopic (exact) mass is 491 g/mol. The van der Waals surface area contributed by atoms with Gasteiger partial charge in [0.25, 0.3) is 0 Å². The molecule has 1 aliphatic rings. The van der Waals surface area contributed by atoms with Gasteiger partial charge in [-0.25, -0.2) is 4.98 Å². The number of ether oxygens (including phenoxy) is 1. The van der Waals surface area contributed by atoms with E-state index in [-0.39, 0.29) is 0 Å². The van der Waals surface area contributed by atoms with Crippen molar-refractivity contribution < 1.29 is 4.74 Å². The van der Waals surface area contributed by atoms with Gasteiger partial charge in [-0.15, -0.1) is 0 Å². The molecule has 5 aromatic heterocycles. The van der Waals surface area contributed by atoms with Gasteiger partial charge in [0.2, 0.25) is 0 Å². The van der Waals surface area contributed by atoms with Crippen molar-refractivity contribution in [2.45, 2.75) is 38.2 Å². The number of nitrogens with one attached hydrogen (secondary N) is 2. The molecule has 7 rings (SSSR count). The predicted molar refractivity (Wildman–Crippen MR) is 145 cm³/mol. The average Bonchev–Trinajstić information content (AvgIpc) is 3.68. The van der Waals surface area contributed by atoms with Crippen LogP contribution in [0.25, 0.3) is 55.6 Å². The van der Waals surface area contributed by atoms with Crippen molar-refractivity contribution in [3.05, 3.63) is 71.8 Å². The lowest BCUT2D eigenvalue weighted by Gasteiger charge is -2.23. The van der Waals surface area contributed by atoms with Crippen LogP contribution in [0.2, 0.25) is 0 Å². The van der Waals surface area contributed by atoms with Gasteiger partial charge in [-0.2, -0.15) is 16.4 Å². The molecular formula is C29H25N5OS. The molecule has 36 heavy (non-hydrogen) atoms. The SMILES string of the molecule is c1cc(-c2ccsc2)c2cc(-c3n[nH]c4ccc(-c5cncc(OC6CCCCC6)c5)cc34)[nH]c2n1. The quantitative estimate of drug-likeness (QED) is 0.260. The Balaban J connectivity index is 1.26. The lowest BCUT2D eigenvalue weighted by atomic mass is 9.98. The Morgan fingerprint density at radius 2 is 1.83 bits per heavy atom. The second-order valence-electron chi connectivity index (χ2n) is 9.44. The summed E-state index contributed by atoms with van der Waals surface area (Å²) in [4.78, 5) is 12.5. The molecule has 1 saturated carbocycles. The normalized spacial score (nSPS) is 14.6. The number of hydrogen-bond donors (Lipinski definition) is 2. The number of thiophene rings is 1. The standard InChI is InChI=1S/C29H25N5OS/c1-2-4-21(5-3-1)35-22-12-20(15-30-16-22)18-6-7-26-25(13-18)28(34-33-26)27-14-24-23(19-9-11-36-17-19)8-10-31-29(24)32-27/h6-17,21H,1-5H2,(H,31,32)(H,33,34). The highest BCUT2D eigenvalue weighted by Gasteiger charge is 2.17. The van der Waals surface area contributed by atoms with Crippen LogP contribution in [0.4, 0.5) is 0 Å². The summed E-state index contributed by atoms with van der Waals surface area (Å²) in [5.41, 5.74) is 8.16. The summed E-state index contributed by atoms with van der Waals surface area (Å²) in [6.45, 7) is 0. The van der Waals surface area contributed by atoms with Crippen LogP contribution >= 0.6 is 11.3 Å². The maximum Gasteiger partial charge on any atom is 0.138 e. The predicted octanol–water partition coefficient (Wildman–Crippen LogP) is 7.61. The molecule has 0 aliphatic heterocycles. The maximum atomic E-state index is 6.27. The summed E-state index contributed by atoms with van der Waals surface area (Å²) in [5.74, 6) is 0.842. The van der Waals surface area contributed by atoms with Gasteiger partial charge in [-0.3, -0.25) is 10.1 Å². The molecule has 0 spiro atoms. The number of H-pyrrole nitrogens is 2. The van der Waals surface area contributed by atoms with E-state index >= 15 is 0 Å². The van der Waals surface area contributed by atoms with Crippen molar-refractivity contribution in [2.24, 2.45) is 0 Å². The number of rotatable bonds is 5. The molecule has 6 aromatic rings. The second-order valence-corrected chi connectivity index (χ2v) is 10.2. The van der Waals surface area contributed by atoms with Crippen LogP contribution in [0, 0.1) is 0 Å². The lowest BCUT2D eigenvalue weighted by molar-refractivity contribution is 0.154. The number of pyridine rings is 2. The first-order valence-electron chi connectivity index (χ1n) is 12.4. The summed E-state index contributed by atoms with van der Waals surface area (Å²) in [5, 5.41) is 14.3. The number of benzene rings is 1. The van der Waals surface area contributed by atoms with E-state index in [0.29, 0.717) is 6.10 Å². The van der Waals surface area contributed by atoms with Gasteiger partial charge >= 0.3 is 0 Å². The van der Waals surface area contributed by atoms with Crippen LogP contribution in [0.15, 0.2) is 71.8 Å². The number of aromatic amines is 2. The minimum absolute atomic E-state index is 0.299. The first kappa shape index (κ1) is 21.3. The Morgan fingerprint density at radius 1 is 0.889 bits per heavy atom. The van der Waals surface area contributed by atoms with E-state index in [4.69, 9.17) is 4.74 Å². The highest BCUT2D eigenvalue weighted by molar-refractivity contribution is 7.08. The molecule has 2 N–H and O–H groups in total. The van der Waals surface area contributed by atoms with Crippen LogP contribution in [0.3, 0.4) is 0 Å². The van der Waals surface area contributed by atoms with E-state index in [0.717, 1.165) is 63.0 Å². The van der Waals surface area contributed by atoms with Crippen LogP contribution in [0.1, 0.15) is 32.1 Å². The van der Waals surface area contributed by atoms with Gasteiger partial charge in [0.05, 0.1) is 23.5 Å². The average molecular weight is 492 g/mol. The molecule has 7 heteroatoms.